The Hall–Kier alpha value is -2.48. The monoisotopic (exact) mass is 279 g/mol. The van der Waals surface area contributed by atoms with E-state index in [2.05, 4.69) is 26.7 Å². The lowest BCUT2D eigenvalue weighted by Crippen LogP contribution is -2.62. The van der Waals surface area contributed by atoms with Gasteiger partial charge in [-0.25, -0.2) is 10.2 Å². The molecule has 1 atom stereocenters. The minimum absolute atomic E-state index is 0.0896. The van der Waals surface area contributed by atoms with Crippen LogP contribution in [0.3, 0.4) is 0 Å². The number of phenols is 1. The summed E-state index contributed by atoms with van der Waals surface area (Å²) in [5.41, 5.74) is 8.70. The average molecular weight is 279 g/mol. The lowest BCUT2D eigenvalue weighted by atomic mass is 10.2. The van der Waals surface area contributed by atoms with Crippen molar-refractivity contribution in [2.45, 2.75) is 13.1 Å². The van der Waals surface area contributed by atoms with Gasteiger partial charge in [0.2, 0.25) is 0 Å². The first-order valence-electron chi connectivity index (χ1n) is 6.23. The maximum atomic E-state index is 11.0. The summed E-state index contributed by atoms with van der Waals surface area (Å²) in [4.78, 5) is 11.0. The van der Waals surface area contributed by atoms with Crippen molar-refractivity contribution in [3.05, 3.63) is 23.8 Å². The smallest absolute Gasteiger partial charge is 0.330 e. The summed E-state index contributed by atoms with van der Waals surface area (Å²) in [6.45, 7) is 2.82. The predicted octanol–water partition coefficient (Wildman–Crippen LogP) is -0.142. The van der Waals surface area contributed by atoms with Crippen LogP contribution in [0.4, 0.5) is 4.79 Å². The number of phenolic OH excluding ortho intramolecular Hbond substituents is 1. The van der Waals surface area contributed by atoms with Crippen LogP contribution >= 0.6 is 0 Å². The van der Waals surface area contributed by atoms with Gasteiger partial charge in [-0.1, -0.05) is 0 Å². The van der Waals surface area contributed by atoms with E-state index in [0.29, 0.717) is 18.9 Å². The largest absolute Gasteiger partial charge is 0.504 e. The Morgan fingerprint density at radius 3 is 3.20 bits per heavy atom. The van der Waals surface area contributed by atoms with E-state index in [0.717, 1.165) is 5.56 Å². The van der Waals surface area contributed by atoms with Gasteiger partial charge in [0.15, 0.2) is 11.5 Å². The lowest BCUT2D eigenvalue weighted by molar-refractivity contribution is 0.217. The van der Waals surface area contributed by atoms with Gasteiger partial charge in [0.1, 0.15) is 6.17 Å². The van der Waals surface area contributed by atoms with Crippen LogP contribution < -0.4 is 26.3 Å². The topological polar surface area (TPSA) is 107 Å². The Balaban J connectivity index is 1.93. The number of benzene rings is 1. The van der Waals surface area contributed by atoms with Crippen molar-refractivity contribution in [3.8, 4) is 11.5 Å². The molecule has 8 nitrogen and oxygen atoms in total. The third kappa shape index (κ3) is 3.75. The van der Waals surface area contributed by atoms with Crippen LogP contribution in [0.5, 0.6) is 11.5 Å². The zero-order chi connectivity index (χ0) is 14.4. The van der Waals surface area contributed by atoms with Crippen LogP contribution in [-0.4, -0.2) is 36.7 Å². The third-order valence-corrected chi connectivity index (χ3v) is 2.54. The molecule has 0 saturated carbocycles. The molecular formula is C12H17N5O3. The van der Waals surface area contributed by atoms with E-state index in [1.54, 1.807) is 24.4 Å². The van der Waals surface area contributed by atoms with E-state index in [9.17, 15) is 9.90 Å². The second-order valence-corrected chi connectivity index (χ2v) is 4.08. The van der Waals surface area contributed by atoms with Crippen molar-refractivity contribution in [1.29, 1.82) is 0 Å². The summed E-state index contributed by atoms with van der Waals surface area (Å²) < 4.78 is 5.28. The molecule has 1 unspecified atom stereocenters. The summed E-state index contributed by atoms with van der Waals surface area (Å²) >= 11 is 0. The molecule has 5 N–H and O–H groups in total. The Morgan fingerprint density at radius 1 is 1.60 bits per heavy atom. The second kappa shape index (κ2) is 6.62. The fraction of sp³-hybridized carbons (Fsp3) is 0.333. The number of amides is 2. The SMILES string of the molecule is CCOc1cc(/C=N/NC2CNNC(=O)N2)ccc1O. The van der Waals surface area contributed by atoms with Crippen LogP contribution in [0.25, 0.3) is 0 Å². The highest BCUT2D eigenvalue weighted by Gasteiger charge is 2.15. The number of hydrazine groups is 1. The van der Waals surface area contributed by atoms with Gasteiger partial charge in [-0.3, -0.25) is 10.9 Å². The van der Waals surface area contributed by atoms with E-state index in [1.165, 1.54) is 0 Å². The van der Waals surface area contributed by atoms with Gasteiger partial charge in [0, 0.05) is 0 Å². The van der Waals surface area contributed by atoms with Crippen molar-refractivity contribution in [2.24, 2.45) is 5.10 Å². The van der Waals surface area contributed by atoms with Crippen molar-refractivity contribution in [2.75, 3.05) is 13.2 Å². The standard InChI is InChI=1S/C12H17N5O3/c1-2-20-10-5-8(3-4-9(10)18)6-13-16-11-7-14-17-12(19)15-11/h3-6,11,14,16,18H,2,7H2,1H3,(H2,15,17,19)/b13-6+. The van der Waals surface area contributed by atoms with Crippen LogP contribution in [0.2, 0.25) is 0 Å². The van der Waals surface area contributed by atoms with E-state index >= 15 is 0 Å². The van der Waals surface area contributed by atoms with E-state index in [-0.39, 0.29) is 17.9 Å². The molecule has 1 aromatic carbocycles. The van der Waals surface area contributed by atoms with Crippen molar-refractivity contribution in [3.63, 3.8) is 0 Å². The van der Waals surface area contributed by atoms with Gasteiger partial charge in [-0.2, -0.15) is 5.10 Å². The summed E-state index contributed by atoms with van der Waals surface area (Å²) in [6.07, 6.45) is 1.29. The minimum atomic E-state index is -0.313. The molecule has 20 heavy (non-hydrogen) atoms. The number of ether oxygens (including phenoxy) is 1. The highest BCUT2D eigenvalue weighted by atomic mass is 16.5. The predicted molar refractivity (Wildman–Crippen MR) is 73.5 cm³/mol. The number of nitrogens with one attached hydrogen (secondary N) is 4. The van der Waals surface area contributed by atoms with Crippen molar-refractivity contribution in [1.82, 2.24) is 21.6 Å². The first kappa shape index (κ1) is 13.9. The number of rotatable bonds is 5. The van der Waals surface area contributed by atoms with Crippen molar-refractivity contribution >= 4 is 12.2 Å². The lowest BCUT2D eigenvalue weighted by Gasteiger charge is -2.24. The van der Waals surface area contributed by atoms with Crippen LogP contribution in [-0.2, 0) is 0 Å². The zero-order valence-electron chi connectivity index (χ0n) is 11.0. The molecule has 8 heteroatoms. The first-order valence-corrected chi connectivity index (χ1v) is 6.23. The normalized spacial score (nSPS) is 18.4. The molecule has 0 aliphatic carbocycles. The first-order chi connectivity index (χ1) is 9.69. The third-order valence-electron chi connectivity index (χ3n) is 2.54. The van der Waals surface area contributed by atoms with Crippen LogP contribution in [0.15, 0.2) is 23.3 Å². The Kier molecular flexibility index (Phi) is 4.61. The molecular weight excluding hydrogens is 262 g/mol. The molecule has 0 radical (unpaired) electrons. The molecule has 2 rings (SSSR count). The number of nitrogens with zero attached hydrogens (tertiary/aromatic N) is 1. The average Bonchev–Trinajstić information content (AvgIpc) is 2.43. The number of hydrazone groups is 1. The second-order valence-electron chi connectivity index (χ2n) is 4.08. The number of carbonyl (C=O) groups excluding carboxylic acids is 1. The number of hydrogen-bond donors (Lipinski definition) is 5. The number of urea groups is 1. The molecule has 0 aromatic heterocycles. The molecule has 2 amide bonds. The highest BCUT2D eigenvalue weighted by molar-refractivity contribution is 5.80. The van der Waals surface area contributed by atoms with E-state index < -0.39 is 0 Å². The Labute approximate surface area is 116 Å². The quantitative estimate of drug-likeness (QED) is 0.381. The molecule has 1 heterocycles. The highest BCUT2D eigenvalue weighted by Crippen LogP contribution is 2.26. The van der Waals surface area contributed by atoms with Crippen LogP contribution in [0.1, 0.15) is 12.5 Å². The Bertz CT molecular complexity index is 506. The maximum absolute atomic E-state index is 11.0. The van der Waals surface area contributed by atoms with Gasteiger partial charge < -0.3 is 15.2 Å². The molecule has 0 spiro atoms. The minimum Gasteiger partial charge on any atom is -0.504 e. The van der Waals surface area contributed by atoms with Gasteiger partial charge in [-0.15, -0.1) is 0 Å². The molecule has 1 aromatic rings. The van der Waals surface area contributed by atoms with Crippen molar-refractivity contribution < 1.29 is 14.6 Å². The summed E-state index contributed by atoms with van der Waals surface area (Å²) in [5.74, 6) is 0.500. The maximum Gasteiger partial charge on any atom is 0.330 e. The summed E-state index contributed by atoms with van der Waals surface area (Å²) in [5, 5.41) is 16.3. The zero-order valence-corrected chi connectivity index (χ0v) is 11.0. The fourth-order valence-corrected chi connectivity index (χ4v) is 1.64. The molecule has 1 aliphatic rings. The summed E-state index contributed by atoms with van der Waals surface area (Å²) in [6, 6.07) is 4.62. The molecule has 1 aliphatic heterocycles. The molecule has 1 fully saturated rings. The Morgan fingerprint density at radius 2 is 2.45 bits per heavy atom. The van der Waals surface area contributed by atoms with Gasteiger partial charge >= 0.3 is 6.03 Å². The molecule has 0 bridgehead atoms. The number of hydrogen-bond acceptors (Lipinski definition) is 6. The van der Waals surface area contributed by atoms with Gasteiger partial charge in [-0.05, 0) is 30.7 Å². The van der Waals surface area contributed by atoms with Gasteiger partial charge in [0.25, 0.3) is 0 Å². The van der Waals surface area contributed by atoms with E-state index in [4.69, 9.17) is 4.74 Å². The van der Waals surface area contributed by atoms with E-state index in [1.807, 2.05) is 6.92 Å². The fourth-order valence-electron chi connectivity index (χ4n) is 1.64. The van der Waals surface area contributed by atoms with Gasteiger partial charge in [0.05, 0.1) is 19.4 Å². The molecule has 108 valence electrons. The van der Waals surface area contributed by atoms with Crippen LogP contribution in [0, 0.1) is 0 Å². The number of carbonyl (C=O) groups is 1. The molecule has 1 saturated heterocycles. The summed E-state index contributed by atoms with van der Waals surface area (Å²) in [7, 11) is 0. The number of aromatic hydroxyl groups is 1.